The molecule has 0 N–H and O–H groups in total. The summed E-state index contributed by atoms with van der Waals surface area (Å²) in [5.41, 5.74) is 0.987. The normalized spacial score (nSPS) is 14.6. The predicted molar refractivity (Wildman–Crippen MR) is 72.7 cm³/mol. The molecule has 2 aromatic rings. The van der Waals surface area contributed by atoms with Gasteiger partial charge in [-0.3, -0.25) is 4.68 Å². The Labute approximate surface area is 111 Å². The predicted octanol–water partition coefficient (Wildman–Crippen LogP) is 3.20. The number of rotatable bonds is 2. The number of thiazole rings is 1. The Kier molecular flexibility index (Phi) is 2.92. The lowest BCUT2D eigenvalue weighted by Crippen LogP contribution is -1.91. The second kappa shape index (κ2) is 4.58. The molecule has 2 heterocycles. The molecule has 2 aromatic heterocycles. The molecule has 0 amide bonds. The highest BCUT2D eigenvalue weighted by atomic mass is 32.1. The molecule has 0 radical (unpaired) electrons. The van der Waals surface area contributed by atoms with Crippen LogP contribution in [0.3, 0.4) is 0 Å². The van der Waals surface area contributed by atoms with Crippen molar-refractivity contribution in [3.8, 4) is 11.8 Å². The first-order chi connectivity index (χ1) is 8.72. The fourth-order valence-electron chi connectivity index (χ4n) is 1.69. The van der Waals surface area contributed by atoms with Gasteiger partial charge in [0.25, 0.3) is 0 Å². The molecule has 0 atom stereocenters. The Balaban J connectivity index is 1.75. The maximum atomic E-state index is 4.37. The van der Waals surface area contributed by atoms with Crippen LogP contribution >= 0.6 is 11.3 Å². The Morgan fingerprint density at radius 3 is 2.83 bits per heavy atom. The minimum absolute atomic E-state index is 0.475. The van der Waals surface area contributed by atoms with Crippen LogP contribution in [0.1, 0.15) is 54.1 Å². The summed E-state index contributed by atoms with van der Waals surface area (Å²) < 4.78 is 2.02. The van der Waals surface area contributed by atoms with Crippen LogP contribution in [0, 0.1) is 11.8 Å². The first-order valence-corrected chi connectivity index (χ1v) is 7.06. The third-order valence-electron chi connectivity index (χ3n) is 2.87. The van der Waals surface area contributed by atoms with E-state index in [9.17, 15) is 0 Å². The minimum atomic E-state index is 0.475. The Morgan fingerprint density at radius 1 is 1.33 bits per heavy atom. The summed E-state index contributed by atoms with van der Waals surface area (Å²) in [5, 5.41) is 5.47. The first kappa shape index (κ1) is 11.5. The van der Waals surface area contributed by atoms with Gasteiger partial charge in [-0.2, -0.15) is 5.10 Å². The summed E-state index contributed by atoms with van der Waals surface area (Å²) in [6.07, 6.45) is 8.24. The zero-order chi connectivity index (χ0) is 12.5. The van der Waals surface area contributed by atoms with Crippen molar-refractivity contribution >= 4 is 11.3 Å². The average molecular weight is 257 g/mol. The van der Waals surface area contributed by atoms with E-state index in [0.29, 0.717) is 12.0 Å². The molecule has 0 bridgehead atoms. The van der Waals surface area contributed by atoms with Crippen molar-refractivity contribution in [1.29, 1.82) is 0 Å². The van der Waals surface area contributed by atoms with E-state index >= 15 is 0 Å². The van der Waals surface area contributed by atoms with Crippen LogP contribution < -0.4 is 0 Å². The molecule has 1 fully saturated rings. The first-order valence-electron chi connectivity index (χ1n) is 6.24. The smallest absolute Gasteiger partial charge is 0.0973 e. The van der Waals surface area contributed by atoms with E-state index in [1.54, 1.807) is 11.3 Å². The quantitative estimate of drug-likeness (QED) is 0.773. The summed E-state index contributed by atoms with van der Waals surface area (Å²) >= 11 is 1.67. The molecule has 1 saturated carbocycles. The van der Waals surface area contributed by atoms with E-state index in [1.165, 1.54) is 12.8 Å². The Hall–Kier alpha value is -1.60. The highest BCUT2D eigenvalue weighted by molar-refractivity contribution is 7.12. The second-order valence-corrected chi connectivity index (χ2v) is 5.97. The van der Waals surface area contributed by atoms with E-state index in [0.717, 1.165) is 15.4 Å². The maximum absolute atomic E-state index is 4.37. The van der Waals surface area contributed by atoms with Crippen molar-refractivity contribution < 1.29 is 0 Å². The zero-order valence-corrected chi connectivity index (χ0v) is 11.4. The van der Waals surface area contributed by atoms with Gasteiger partial charge in [0, 0.05) is 12.1 Å². The molecule has 0 saturated heterocycles. The molecule has 92 valence electrons. The fourth-order valence-corrected chi connectivity index (χ4v) is 2.46. The third kappa shape index (κ3) is 2.46. The molecule has 1 aliphatic rings. The maximum Gasteiger partial charge on any atom is 0.0973 e. The molecule has 0 aliphatic heterocycles. The molecule has 4 heteroatoms. The van der Waals surface area contributed by atoms with E-state index in [4.69, 9.17) is 0 Å². The summed E-state index contributed by atoms with van der Waals surface area (Å²) in [6.45, 7) is 4.30. The van der Waals surface area contributed by atoms with Crippen molar-refractivity contribution in [2.75, 3.05) is 0 Å². The summed E-state index contributed by atoms with van der Waals surface area (Å²) in [5.74, 6) is 6.79. The van der Waals surface area contributed by atoms with Gasteiger partial charge in [-0.1, -0.05) is 19.8 Å². The van der Waals surface area contributed by atoms with Gasteiger partial charge in [0.2, 0.25) is 0 Å². The van der Waals surface area contributed by atoms with Crippen molar-refractivity contribution in [1.82, 2.24) is 14.8 Å². The second-order valence-electron chi connectivity index (χ2n) is 4.91. The lowest BCUT2D eigenvalue weighted by Gasteiger charge is -1.94. The van der Waals surface area contributed by atoms with Crippen molar-refractivity contribution in [2.45, 2.75) is 38.6 Å². The van der Waals surface area contributed by atoms with Gasteiger partial charge in [0.1, 0.15) is 0 Å². The van der Waals surface area contributed by atoms with Gasteiger partial charge in [-0.15, -0.1) is 11.3 Å². The molecule has 0 aromatic carbocycles. The van der Waals surface area contributed by atoms with Crippen LogP contribution in [0.25, 0.3) is 0 Å². The summed E-state index contributed by atoms with van der Waals surface area (Å²) in [7, 11) is 0. The molecule has 0 unspecified atom stereocenters. The average Bonchev–Trinajstić information content (AvgIpc) is 2.92. The summed E-state index contributed by atoms with van der Waals surface area (Å²) in [4.78, 5) is 5.39. The number of hydrogen-bond donors (Lipinski definition) is 0. The van der Waals surface area contributed by atoms with Crippen molar-refractivity contribution in [2.24, 2.45) is 0 Å². The Bertz CT molecular complexity index is 564. The molecule has 0 spiro atoms. The van der Waals surface area contributed by atoms with Gasteiger partial charge in [0.15, 0.2) is 0 Å². The van der Waals surface area contributed by atoms with E-state index in [-0.39, 0.29) is 0 Å². The molecule has 18 heavy (non-hydrogen) atoms. The van der Waals surface area contributed by atoms with Crippen LogP contribution in [-0.2, 0) is 0 Å². The highest BCUT2D eigenvalue weighted by Crippen LogP contribution is 2.33. The van der Waals surface area contributed by atoms with Crippen LogP contribution in [0.5, 0.6) is 0 Å². The minimum Gasteiger partial charge on any atom is -0.268 e. The van der Waals surface area contributed by atoms with E-state index in [2.05, 4.69) is 35.8 Å². The molecular formula is C14H15N3S. The van der Waals surface area contributed by atoms with Gasteiger partial charge >= 0.3 is 0 Å². The van der Waals surface area contributed by atoms with E-state index < -0.39 is 0 Å². The summed E-state index contributed by atoms with van der Waals surface area (Å²) in [6, 6.07) is 0.622. The monoisotopic (exact) mass is 257 g/mol. The highest BCUT2D eigenvalue weighted by Gasteiger charge is 2.23. The van der Waals surface area contributed by atoms with Gasteiger partial charge in [-0.25, -0.2) is 4.98 Å². The van der Waals surface area contributed by atoms with Crippen LogP contribution in [0.4, 0.5) is 0 Å². The van der Waals surface area contributed by atoms with Crippen molar-refractivity contribution in [3.05, 3.63) is 34.0 Å². The van der Waals surface area contributed by atoms with Gasteiger partial charge < -0.3 is 0 Å². The van der Waals surface area contributed by atoms with Gasteiger partial charge in [0.05, 0.1) is 33.9 Å². The largest absolute Gasteiger partial charge is 0.268 e. The van der Waals surface area contributed by atoms with E-state index in [1.807, 2.05) is 23.3 Å². The third-order valence-corrected chi connectivity index (χ3v) is 4.08. The molecule has 3 rings (SSSR count). The fraction of sp³-hybridized carbons (Fsp3) is 0.429. The lowest BCUT2D eigenvalue weighted by atomic mass is 10.2. The number of hydrogen-bond acceptors (Lipinski definition) is 3. The van der Waals surface area contributed by atoms with Crippen molar-refractivity contribution in [3.63, 3.8) is 0 Å². The van der Waals surface area contributed by atoms with Gasteiger partial charge in [-0.05, 0) is 18.8 Å². The molecular weight excluding hydrogens is 242 g/mol. The standard InChI is InChI=1S/C14H15N3S/c1-10(2)14-15-8-13(18-14)6-3-11-7-16-17(9-11)12-4-5-12/h7-10,12H,4-5H2,1-2H3. The van der Waals surface area contributed by atoms with Crippen LogP contribution in [0.15, 0.2) is 18.6 Å². The number of nitrogens with zero attached hydrogens (tertiary/aromatic N) is 3. The SMILES string of the molecule is CC(C)c1ncc(C#Cc2cnn(C3CC3)c2)s1. The van der Waals surface area contributed by atoms with Crippen LogP contribution in [-0.4, -0.2) is 14.8 Å². The molecule has 1 aliphatic carbocycles. The Morgan fingerprint density at radius 2 is 2.17 bits per heavy atom. The zero-order valence-electron chi connectivity index (χ0n) is 10.6. The lowest BCUT2D eigenvalue weighted by molar-refractivity contribution is 0.641. The van der Waals surface area contributed by atoms with Crippen LogP contribution in [0.2, 0.25) is 0 Å². The topological polar surface area (TPSA) is 30.7 Å². The molecule has 3 nitrogen and oxygen atoms in total. The number of aromatic nitrogens is 3.